The number of aryl methyl sites for hydroxylation is 3. The van der Waals surface area contributed by atoms with Crippen molar-refractivity contribution in [1.29, 1.82) is 0 Å². The number of fused-ring (bicyclic) bond motifs is 1. The summed E-state index contributed by atoms with van der Waals surface area (Å²) in [5.41, 5.74) is 3.35. The standard InChI is InChI=1S/C19H20N8O/c1-13-12-14(2)26(24-13)18-7-6-17-23-22-16(27(17)25-18)4-3-5-19(28)21-15-8-10-20-11-9-15/h6-12H,3-5H2,1-2H3,(H,20,21,28). The van der Waals surface area contributed by atoms with Crippen molar-refractivity contribution < 1.29 is 4.79 Å². The van der Waals surface area contributed by atoms with Crippen molar-refractivity contribution in [2.45, 2.75) is 33.1 Å². The van der Waals surface area contributed by atoms with Crippen LogP contribution in [0.25, 0.3) is 11.5 Å². The molecule has 4 heterocycles. The normalized spacial score (nSPS) is 11.1. The summed E-state index contributed by atoms with van der Waals surface area (Å²) in [6, 6.07) is 9.25. The van der Waals surface area contributed by atoms with Crippen LogP contribution in [-0.2, 0) is 11.2 Å². The zero-order valence-electron chi connectivity index (χ0n) is 15.7. The molecule has 1 N–H and O–H groups in total. The molecule has 0 saturated heterocycles. The van der Waals surface area contributed by atoms with Crippen molar-refractivity contribution in [1.82, 2.24) is 34.6 Å². The number of pyridine rings is 1. The molecule has 4 aromatic heterocycles. The van der Waals surface area contributed by atoms with Gasteiger partial charge in [-0.15, -0.1) is 15.3 Å². The van der Waals surface area contributed by atoms with E-state index in [0.29, 0.717) is 30.7 Å². The van der Waals surface area contributed by atoms with Crippen molar-refractivity contribution in [2.75, 3.05) is 5.32 Å². The smallest absolute Gasteiger partial charge is 0.224 e. The lowest BCUT2D eigenvalue weighted by molar-refractivity contribution is -0.116. The molecule has 0 spiro atoms. The van der Waals surface area contributed by atoms with Crippen molar-refractivity contribution >= 4 is 17.2 Å². The third-order valence-electron chi connectivity index (χ3n) is 4.31. The van der Waals surface area contributed by atoms with Gasteiger partial charge in [0.15, 0.2) is 17.3 Å². The minimum absolute atomic E-state index is 0.0451. The Kier molecular flexibility index (Phi) is 4.79. The number of nitrogens with one attached hydrogen (secondary N) is 1. The number of anilines is 1. The highest BCUT2D eigenvalue weighted by Crippen LogP contribution is 2.12. The van der Waals surface area contributed by atoms with Crippen LogP contribution in [0.2, 0.25) is 0 Å². The molecule has 28 heavy (non-hydrogen) atoms. The van der Waals surface area contributed by atoms with Crippen LogP contribution >= 0.6 is 0 Å². The van der Waals surface area contributed by atoms with Crippen LogP contribution in [-0.4, -0.2) is 40.5 Å². The predicted octanol–water partition coefficient (Wildman–Crippen LogP) is 2.28. The van der Waals surface area contributed by atoms with Gasteiger partial charge in [-0.1, -0.05) is 0 Å². The molecule has 0 aromatic carbocycles. The number of carbonyl (C=O) groups excluding carboxylic acids is 1. The van der Waals surface area contributed by atoms with E-state index in [1.165, 1.54) is 0 Å². The maximum Gasteiger partial charge on any atom is 0.224 e. The van der Waals surface area contributed by atoms with Gasteiger partial charge in [-0.3, -0.25) is 9.78 Å². The second-order valence-electron chi connectivity index (χ2n) is 6.55. The zero-order valence-corrected chi connectivity index (χ0v) is 15.7. The molecule has 0 radical (unpaired) electrons. The van der Waals surface area contributed by atoms with E-state index in [-0.39, 0.29) is 5.91 Å². The van der Waals surface area contributed by atoms with E-state index in [0.717, 1.165) is 22.9 Å². The first kappa shape index (κ1) is 17.8. The molecule has 0 saturated carbocycles. The summed E-state index contributed by atoms with van der Waals surface area (Å²) in [6.07, 6.45) is 4.91. The Hall–Kier alpha value is -3.62. The molecule has 4 rings (SSSR count). The third kappa shape index (κ3) is 3.73. The van der Waals surface area contributed by atoms with E-state index in [9.17, 15) is 4.79 Å². The highest BCUT2D eigenvalue weighted by molar-refractivity contribution is 5.90. The second-order valence-corrected chi connectivity index (χ2v) is 6.55. The minimum atomic E-state index is -0.0451. The summed E-state index contributed by atoms with van der Waals surface area (Å²) < 4.78 is 3.51. The van der Waals surface area contributed by atoms with Gasteiger partial charge in [0.25, 0.3) is 0 Å². The fourth-order valence-corrected chi connectivity index (χ4v) is 3.02. The number of hydrogen-bond acceptors (Lipinski definition) is 6. The molecular weight excluding hydrogens is 356 g/mol. The van der Waals surface area contributed by atoms with Crippen molar-refractivity contribution in [3.8, 4) is 5.82 Å². The average molecular weight is 376 g/mol. The van der Waals surface area contributed by atoms with Gasteiger partial charge in [-0.05, 0) is 50.6 Å². The Morgan fingerprint density at radius 3 is 2.64 bits per heavy atom. The Morgan fingerprint density at radius 1 is 1.07 bits per heavy atom. The van der Waals surface area contributed by atoms with Crippen LogP contribution in [0.15, 0.2) is 42.7 Å². The van der Waals surface area contributed by atoms with E-state index >= 15 is 0 Å². The van der Waals surface area contributed by atoms with E-state index < -0.39 is 0 Å². The zero-order chi connectivity index (χ0) is 19.5. The lowest BCUT2D eigenvalue weighted by Crippen LogP contribution is -2.12. The number of nitrogens with zero attached hydrogens (tertiary/aromatic N) is 7. The van der Waals surface area contributed by atoms with E-state index in [4.69, 9.17) is 0 Å². The lowest BCUT2D eigenvalue weighted by Gasteiger charge is -2.05. The van der Waals surface area contributed by atoms with E-state index in [1.54, 1.807) is 33.7 Å². The maximum absolute atomic E-state index is 12.1. The number of rotatable bonds is 6. The van der Waals surface area contributed by atoms with E-state index in [1.807, 2.05) is 32.0 Å². The van der Waals surface area contributed by atoms with Crippen LogP contribution < -0.4 is 5.32 Å². The molecule has 142 valence electrons. The van der Waals surface area contributed by atoms with Gasteiger partial charge in [0, 0.05) is 36.6 Å². The topological polar surface area (TPSA) is 103 Å². The number of aromatic nitrogens is 7. The van der Waals surface area contributed by atoms with Crippen molar-refractivity contribution in [3.05, 3.63) is 59.9 Å². The molecule has 4 aromatic rings. The van der Waals surface area contributed by atoms with Gasteiger partial charge in [0.1, 0.15) is 0 Å². The lowest BCUT2D eigenvalue weighted by atomic mass is 10.2. The summed E-state index contributed by atoms with van der Waals surface area (Å²) in [7, 11) is 0. The van der Waals surface area contributed by atoms with Crippen LogP contribution in [0.4, 0.5) is 5.69 Å². The first-order valence-electron chi connectivity index (χ1n) is 9.05. The molecule has 0 atom stereocenters. The van der Waals surface area contributed by atoms with Gasteiger partial charge < -0.3 is 5.32 Å². The molecule has 0 bridgehead atoms. The van der Waals surface area contributed by atoms with Gasteiger partial charge >= 0.3 is 0 Å². The Balaban J connectivity index is 1.45. The van der Waals surface area contributed by atoms with Crippen LogP contribution in [0, 0.1) is 13.8 Å². The van der Waals surface area contributed by atoms with Gasteiger partial charge in [0.05, 0.1) is 5.69 Å². The SMILES string of the molecule is Cc1cc(C)n(-c2ccc3nnc(CCCC(=O)Nc4ccncc4)n3n2)n1. The summed E-state index contributed by atoms with van der Waals surface area (Å²) >= 11 is 0. The number of amides is 1. The minimum Gasteiger partial charge on any atom is -0.326 e. The maximum atomic E-state index is 12.1. The molecule has 9 heteroatoms. The number of carbonyl (C=O) groups is 1. The molecule has 9 nitrogen and oxygen atoms in total. The summed E-state index contributed by atoms with van der Waals surface area (Å²) in [5.74, 6) is 1.38. The van der Waals surface area contributed by atoms with Crippen LogP contribution in [0.5, 0.6) is 0 Å². The summed E-state index contributed by atoms with van der Waals surface area (Å²) in [5, 5.41) is 20.3. The Morgan fingerprint density at radius 2 is 1.89 bits per heavy atom. The molecule has 0 aliphatic heterocycles. The third-order valence-corrected chi connectivity index (χ3v) is 4.31. The quantitative estimate of drug-likeness (QED) is 0.554. The molecule has 0 aliphatic carbocycles. The largest absolute Gasteiger partial charge is 0.326 e. The predicted molar refractivity (Wildman–Crippen MR) is 103 cm³/mol. The molecular formula is C19H20N8O. The molecule has 0 fully saturated rings. The van der Waals surface area contributed by atoms with Gasteiger partial charge in [0.2, 0.25) is 5.91 Å². The average Bonchev–Trinajstić information content (AvgIpc) is 3.24. The van der Waals surface area contributed by atoms with Crippen molar-refractivity contribution in [2.24, 2.45) is 0 Å². The first-order valence-corrected chi connectivity index (χ1v) is 9.05. The van der Waals surface area contributed by atoms with Gasteiger partial charge in [-0.2, -0.15) is 9.61 Å². The second kappa shape index (κ2) is 7.55. The van der Waals surface area contributed by atoms with Crippen LogP contribution in [0.1, 0.15) is 30.1 Å². The first-order chi connectivity index (χ1) is 13.6. The summed E-state index contributed by atoms with van der Waals surface area (Å²) in [6.45, 7) is 3.93. The Bertz CT molecular complexity index is 1120. The Labute approximate surface area is 161 Å². The summed E-state index contributed by atoms with van der Waals surface area (Å²) in [4.78, 5) is 16.0. The molecule has 1 amide bonds. The van der Waals surface area contributed by atoms with Crippen molar-refractivity contribution in [3.63, 3.8) is 0 Å². The fraction of sp³-hybridized carbons (Fsp3) is 0.263. The highest BCUT2D eigenvalue weighted by atomic mass is 16.1. The highest BCUT2D eigenvalue weighted by Gasteiger charge is 2.11. The van der Waals surface area contributed by atoms with Crippen LogP contribution in [0.3, 0.4) is 0 Å². The van der Waals surface area contributed by atoms with E-state index in [2.05, 4.69) is 30.7 Å². The monoisotopic (exact) mass is 376 g/mol. The molecule has 0 aliphatic rings. The number of hydrogen-bond donors (Lipinski definition) is 1. The van der Waals surface area contributed by atoms with Gasteiger partial charge in [-0.25, -0.2) is 4.68 Å². The fourth-order valence-electron chi connectivity index (χ4n) is 3.02. The molecule has 0 unspecified atom stereocenters.